The van der Waals surface area contributed by atoms with Crippen molar-refractivity contribution >= 4 is 20.9 Å². The van der Waals surface area contributed by atoms with Crippen LogP contribution in [0.5, 0.6) is 0 Å². The fourth-order valence-electron chi connectivity index (χ4n) is 3.26. The maximum atomic E-state index is 9.91. The maximum absolute atomic E-state index is 9.91. The molecular formula is C24H34N4O2S. The molecule has 0 saturated heterocycles. The zero-order valence-corrected chi connectivity index (χ0v) is 20.5. The molecule has 0 bridgehead atoms. The molecule has 3 aromatic rings. The molecule has 0 radical (unpaired) electrons. The van der Waals surface area contributed by atoms with E-state index in [1.807, 2.05) is 23.9 Å². The minimum absolute atomic E-state index is 0.451. The van der Waals surface area contributed by atoms with Crippen LogP contribution in [0, 0.1) is 18.8 Å². The Morgan fingerprint density at radius 2 is 1.94 bits per heavy atom. The zero-order chi connectivity index (χ0) is 22.8. The van der Waals surface area contributed by atoms with Crippen molar-refractivity contribution in [3.63, 3.8) is 0 Å². The summed E-state index contributed by atoms with van der Waals surface area (Å²) in [6.45, 7) is 9.52. The molecule has 31 heavy (non-hydrogen) atoms. The molecule has 0 aliphatic heterocycles. The number of aromatic nitrogens is 4. The van der Waals surface area contributed by atoms with Gasteiger partial charge in [-0.05, 0) is 58.4 Å². The van der Waals surface area contributed by atoms with Gasteiger partial charge in [0.2, 0.25) is 0 Å². The van der Waals surface area contributed by atoms with Crippen molar-refractivity contribution in [1.82, 2.24) is 19.3 Å². The third kappa shape index (κ3) is 6.13. The highest BCUT2D eigenvalue weighted by Gasteiger charge is 2.16. The van der Waals surface area contributed by atoms with Crippen molar-refractivity contribution in [3.05, 3.63) is 36.0 Å². The van der Waals surface area contributed by atoms with E-state index >= 15 is 0 Å². The molecule has 3 heterocycles. The minimum Gasteiger partial charge on any atom is -0.378 e. The number of hydrogen-bond acceptors (Lipinski definition) is 4. The van der Waals surface area contributed by atoms with Gasteiger partial charge in [0.25, 0.3) is 0 Å². The molecule has 0 spiro atoms. The van der Waals surface area contributed by atoms with Gasteiger partial charge in [0, 0.05) is 41.2 Å². The van der Waals surface area contributed by atoms with E-state index in [-0.39, 0.29) is 0 Å². The first kappa shape index (κ1) is 23.4. The predicted molar refractivity (Wildman–Crippen MR) is 131 cm³/mol. The van der Waals surface area contributed by atoms with Crippen molar-refractivity contribution in [2.45, 2.75) is 46.6 Å². The summed E-state index contributed by atoms with van der Waals surface area (Å²) in [7, 11) is -0.557. The summed E-state index contributed by atoms with van der Waals surface area (Å²) in [5.74, 6) is 6.92. The second-order valence-electron chi connectivity index (χ2n) is 9.22. The zero-order valence-electron chi connectivity index (χ0n) is 19.7. The lowest BCUT2D eigenvalue weighted by Gasteiger charge is -2.24. The molecule has 0 unspecified atom stereocenters. The van der Waals surface area contributed by atoms with E-state index in [1.165, 1.54) is 0 Å². The quantitative estimate of drug-likeness (QED) is 0.443. The van der Waals surface area contributed by atoms with Crippen LogP contribution in [0.15, 0.2) is 24.7 Å². The first-order valence-corrected chi connectivity index (χ1v) is 13.5. The van der Waals surface area contributed by atoms with Crippen LogP contribution in [-0.2, 0) is 18.0 Å². The number of ether oxygens (including phenoxy) is 1. The van der Waals surface area contributed by atoms with Crippen LogP contribution in [0.1, 0.15) is 32.2 Å². The van der Waals surface area contributed by atoms with Crippen LogP contribution in [0.3, 0.4) is 0 Å². The molecule has 0 aliphatic carbocycles. The molecule has 0 atom stereocenters. The largest absolute Gasteiger partial charge is 0.378 e. The Hall–Kier alpha value is -2.27. The third-order valence-electron chi connectivity index (χ3n) is 4.90. The molecule has 6 nitrogen and oxygen atoms in total. The highest BCUT2D eigenvalue weighted by Crippen LogP contribution is 2.34. The van der Waals surface area contributed by atoms with Crippen molar-refractivity contribution in [2.75, 3.05) is 31.1 Å². The molecule has 3 rings (SSSR count). The molecule has 0 fully saturated rings. The first-order valence-electron chi connectivity index (χ1n) is 10.5. The highest BCUT2D eigenvalue weighted by atomic mass is 32.3. The molecule has 168 valence electrons. The number of nitrogens with zero attached hydrogens (tertiary/aromatic N) is 4. The van der Waals surface area contributed by atoms with Crippen LogP contribution < -0.4 is 0 Å². The van der Waals surface area contributed by atoms with E-state index in [0.29, 0.717) is 12.4 Å². The van der Waals surface area contributed by atoms with E-state index in [0.717, 1.165) is 46.6 Å². The molecule has 0 amide bonds. The van der Waals surface area contributed by atoms with Crippen LogP contribution in [0.25, 0.3) is 22.0 Å². The van der Waals surface area contributed by atoms with E-state index in [4.69, 9.17) is 4.74 Å². The molecule has 1 N–H and O–H groups in total. The van der Waals surface area contributed by atoms with Crippen molar-refractivity contribution in [3.8, 4) is 23.0 Å². The summed E-state index contributed by atoms with van der Waals surface area (Å²) >= 11 is 0. The first-order chi connectivity index (χ1) is 14.5. The van der Waals surface area contributed by atoms with Gasteiger partial charge in [0.15, 0.2) is 0 Å². The molecular weight excluding hydrogens is 408 g/mol. The number of pyridine rings is 1. The van der Waals surface area contributed by atoms with E-state index < -0.39 is 15.6 Å². The Bertz CT molecular complexity index is 1120. The molecule has 0 aliphatic rings. The standard InChI is InChI=1S/C24H34N4O2S/c1-8-27-15-22(20-13-19(25-14-23(20)27)9-10-24(3,4)29)21-16-28(26-18(21)2)17-30-11-12-31(5,6)7/h13-16,29H,8,11-12,17H2,1-7H3. The fourth-order valence-corrected chi connectivity index (χ4v) is 3.88. The Labute approximate surface area is 186 Å². The molecule has 0 aromatic carbocycles. The van der Waals surface area contributed by atoms with Gasteiger partial charge in [-0.25, -0.2) is 19.7 Å². The Kier molecular flexibility index (Phi) is 6.85. The summed E-state index contributed by atoms with van der Waals surface area (Å²) < 4.78 is 9.91. The highest BCUT2D eigenvalue weighted by molar-refractivity contribution is 8.32. The molecule has 7 heteroatoms. The van der Waals surface area contributed by atoms with E-state index in [2.05, 4.69) is 64.6 Å². The number of aryl methyl sites for hydroxylation is 2. The average molecular weight is 443 g/mol. The number of hydrogen-bond donors (Lipinski definition) is 1. The van der Waals surface area contributed by atoms with Crippen LogP contribution in [0.4, 0.5) is 0 Å². The van der Waals surface area contributed by atoms with Gasteiger partial charge < -0.3 is 14.4 Å². The third-order valence-corrected chi connectivity index (χ3v) is 6.30. The minimum atomic E-state index is -1.05. The van der Waals surface area contributed by atoms with Gasteiger partial charge in [0.05, 0.1) is 24.0 Å². The number of rotatable bonds is 7. The Balaban J connectivity index is 1.92. The van der Waals surface area contributed by atoms with Gasteiger partial charge >= 0.3 is 0 Å². The number of fused-ring (bicyclic) bond motifs is 1. The summed E-state index contributed by atoms with van der Waals surface area (Å²) in [5.41, 5.74) is 3.79. The second kappa shape index (κ2) is 9.07. The molecule has 0 saturated carbocycles. The summed E-state index contributed by atoms with van der Waals surface area (Å²) in [6.07, 6.45) is 12.9. The lowest BCUT2D eigenvalue weighted by molar-refractivity contribution is 0.0807. The average Bonchev–Trinajstić information content (AvgIpc) is 3.21. The van der Waals surface area contributed by atoms with Gasteiger partial charge in [-0.3, -0.25) is 0 Å². The van der Waals surface area contributed by atoms with E-state index in [1.54, 1.807) is 13.8 Å². The Morgan fingerprint density at radius 1 is 1.19 bits per heavy atom. The normalized spacial score (nSPS) is 12.8. The molecule has 3 aromatic heterocycles. The SMILES string of the molecule is CCn1cc(-c2cn(COCCS(C)(C)C)nc2C)c2cc(C#CC(C)(C)O)ncc21. The van der Waals surface area contributed by atoms with Crippen molar-refractivity contribution in [1.29, 1.82) is 0 Å². The van der Waals surface area contributed by atoms with Crippen LogP contribution in [0.2, 0.25) is 0 Å². The van der Waals surface area contributed by atoms with Gasteiger partial charge in [-0.1, -0.05) is 5.92 Å². The van der Waals surface area contributed by atoms with Gasteiger partial charge in [-0.15, -0.1) is 0 Å². The second-order valence-corrected chi connectivity index (χ2v) is 13.8. The lowest BCUT2D eigenvalue weighted by Crippen LogP contribution is -2.14. The van der Waals surface area contributed by atoms with Crippen molar-refractivity contribution < 1.29 is 9.84 Å². The van der Waals surface area contributed by atoms with Gasteiger partial charge in [-0.2, -0.15) is 5.10 Å². The monoisotopic (exact) mass is 442 g/mol. The summed E-state index contributed by atoms with van der Waals surface area (Å²) in [4.78, 5) is 4.48. The van der Waals surface area contributed by atoms with Crippen LogP contribution in [-0.4, -0.2) is 61.2 Å². The smallest absolute Gasteiger partial charge is 0.139 e. The number of aliphatic hydroxyl groups is 1. The Morgan fingerprint density at radius 3 is 2.58 bits per heavy atom. The van der Waals surface area contributed by atoms with Crippen LogP contribution >= 0.6 is 10.0 Å². The van der Waals surface area contributed by atoms with Crippen molar-refractivity contribution in [2.24, 2.45) is 0 Å². The van der Waals surface area contributed by atoms with E-state index in [9.17, 15) is 5.11 Å². The van der Waals surface area contributed by atoms with Gasteiger partial charge in [0.1, 0.15) is 18.0 Å². The summed E-state index contributed by atoms with van der Waals surface area (Å²) in [5, 5.41) is 15.7. The fraction of sp³-hybridized carbons (Fsp3) is 0.500. The predicted octanol–water partition coefficient (Wildman–Crippen LogP) is 4.02. The topological polar surface area (TPSA) is 65.1 Å². The maximum Gasteiger partial charge on any atom is 0.139 e. The lowest BCUT2D eigenvalue weighted by atomic mass is 10.1. The summed E-state index contributed by atoms with van der Waals surface area (Å²) in [6, 6.07) is 1.99.